The van der Waals surface area contributed by atoms with Gasteiger partial charge in [-0.1, -0.05) is 129 Å². The van der Waals surface area contributed by atoms with Crippen LogP contribution in [0.5, 0.6) is 0 Å². The van der Waals surface area contributed by atoms with Crippen LogP contribution in [0.1, 0.15) is 41.4 Å². The Morgan fingerprint density at radius 3 is 1.98 bits per heavy atom. The molecule has 8 aromatic carbocycles. The number of fused-ring (bicyclic) bond motifs is 7. The number of benzene rings is 8. The zero-order valence-electron chi connectivity index (χ0n) is 31.5. The first-order valence-electron chi connectivity index (χ1n) is 19.6. The van der Waals surface area contributed by atoms with Gasteiger partial charge in [-0.05, 0) is 124 Å². The van der Waals surface area contributed by atoms with Crippen molar-refractivity contribution in [3.05, 3.63) is 210 Å². The molecule has 2 heterocycles. The van der Waals surface area contributed by atoms with Gasteiger partial charge in [0, 0.05) is 49.1 Å². The van der Waals surface area contributed by atoms with E-state index >= 15 is 0 Å². The van der Waals surface area contributed by atoms with E-state index in [2.05, 4.69) is 211 Å². The van der Waals surface area contributed by atoms with Crippen LogP contribution in [-0.4, -0.2) is 4.57 Å². The van der Waals surface area contributed by atoms with E-state index < -0.39 is 0 Å². The minimum Gasteiger partial charge on any atom is -0.310 e. The standard InChI is InChI=1S/C53H40N2S/c1-53(2)47-17-9-7-15-43(47)44-30-29-42(34-48(44)53)54(41-27-22-36(23-28-41)52-33-38-12-6-11-19-51(38)56-52)40-25-20-35(21-26-40)37-24-31-50-46(32-37)45-16-8-10-18-49(45)55(50)39-13-4-3-5-14-39/h3-32,34,52H,33H2,1-2H3. The molecule has 0 N–H and O–H groups in total. The van der Waals surface area contributed by atoms with E-state index in [1.54, 1.807) is 0 Å². The fourth-order valence-electron chi connectivity index (χ4n) is 9.30. The van der Waals surface area contributed by atoms with Gasteiger partial charge in [0.25, 0.3) is 0 Å². The Kier molecular flexibility index (Phi) is 7.62. The van der Waals surface area contributed by atoms with E-state index in [9.17, 15) is 0 Å². The number of para-hydroxylation sites is 2. The van der Waals surface area contributed by atoms with E-state index in [1.807, 2.05) is 11.8 Å². The fourth-order valence-corrected chi connectivity index (χ4v) is 10.6. The molecule has 0 spiro atoms. The number of hydrogen-bond acceptors (Lipinski definition) is 2. The quantitative estimate of drug-likeness (QED) is 0.168. The maximum absolute atomic E-state index is 2.43. The summed E-state index contributed by atoms with van der Waals surface area (Å²) in [5.41, 5.74) is 17.7. The monoisotopic (exact) mass is 736 g/mol. The van der Waals surface area contributed by atoms with Crippen molar-refractivity contribution in [3.8, 4) is 27.9 Å². The largest absolute Gasteiger partial charge is 0.310 e. The van der Waals surface area contributed by atoms with Gasteiger partial charge in [0.1, 0.15) is 0 Å². The minimum absolute atomic E-state index is 0.0850. The van der Waals surface area contributed by atoms with E-state index in [0.717, 1.165) is 17.8 Å². The van der Waals surface area contributed by atoms with E-state index in [-0.39, 0.29) is 5.41 Å². The van der Waals surface area contributed by atoms with Gasteiger partial charge in [-0.15, -0.1) is 11.8 Å². The predicted octanol–water partition coefficient (Wildman–Crippen LogP) is 14.6. The van der Waals surface area contributed by atoms with Crippen LogP contribution in [-0.2, 0) is 11.8 Å². The maximum atomic E-state index is 2.43. The van der Waals surface area contributed by atoms with Gasteiger partial charge in [0.15, 0.2) is 0 Å². The van der Waals surface area contributed by atoms with Crippen molar-refractivity contribution in [1.29, 1.82) is 0 Å². The summed E-state index contributed by atoms with van der Waals surface area (Å²) >= 11 is 1.99. The Morgan fingerprint density at radius 2 is 1.16 bits per heavy atom. The molecular weight excluding hydrogens is 697 g/mol. The average molecular weight is 737 g/mol. The molecule has 0 amide bonds. The Bertz CT molecular complexity index is 2910. The van der Waals surface area contributed by atoms with Crippen molar-refractivity contribution in [1.82, 2.24) is 4.57 Å². The molecule has 0 saturated carbocycles. The molecule has 1 aromatic heterocycles. The van der Waals surface area contributed by atoms with E-state index in [4.69, 9.17) is 0 Å². The molecule has 0 saturated heterocycles. The Hall–Kier alpha value is -6.29. The first kappa shape index (κ1) is 33.1. The third-order valence-electron chi connectivity index (χ3n) is 12.1. The lowest BCUT2D eigenvalue weighted by Crippen LogP contribution is -2.16. The third kappa shape index (κ3) is 5.26. The summed E-state index contributed by atoms with van der Waals surface area (Å²) in [4.78, 5) is 3.84. The molecule has 1 unspecified atom stereocenters. The molecule has 2 aliphatic rings. The number of thioether (sulfide) groups is 1. The molecule has 0 bridgehead atoms. The van der Waals surface area contributed by atoms with Crippen molar-refractivity contribution in [3.63, 3.8) is 0 Å². The number of aromatic nitrogens is 1. The number of hydrogen-bond donors (Lipinski definition) is 0. The number of rotatable bonds is 6. The highest BCUT2D eigenvalue weighted by Gasteiger charge is 2.36. The molecule has 1 atom stereocenters. The lowest BCUT2D eigenvalue weighted by Gasteiger charge is -2.28. The second kappa shape index (κ2) is 12.9. The number of nitrogens with zero attached hydrogens (tertiary/aromatic N) is 2. The Labute approximate surface area is 332 Å². The lowest BCUT2D eigenvalue weighted by molar-refractivity contribution is 0.660. The minimum atomic E-state index is -0.0850. The molecule has 0 radical (unpaired) electrons. The molecule has 0 fully saturated rings. The van der Waals surface area contributed by atoms with E-state index in [0.29, 0.717) is 5.25 Å². The summed E-state index contributed by atoms with van der Waals surface area (Å²) in [6.07, 6.45) is 1.07. The van der Waals surface area contributed by atoms with E-state index in [1.165, 1.54) is 82.6 Å². The van der Waals surface area contributed by atoms with Crippen LogP contribution in [0, 0.1) is 0 Å². The average Bonchev–Trinajstić information content (AvgIpc) is 3.90. The molecule has 3 heteroatoms. The zero-order chi connectivity index (χ0) is 37.4. The van der Waals surface area contributed by atoms with Gasteiger partial charge in [-0.2, -0.15) is 0 Å². The Morgan fingerprint density at radius 1 is 0.518 bits per heavy atom. The van der Waals surface area contributed by atoms with Crippen LogP contribution in [0.25, 0.3) is 49.7 Å². The van der Waals surface area contributed by atoms with Gasteiger partial charge >= 0.3 is 0 Å². The summed E-state index contributed by atoms with van der Waals surface area (Å²) in [5, 5.41) is 2.96. The van der Waals surface area contributed by atoms with Crippen molar-refractivity contribution >= 4 is 50.6 Å². The molecule has 1 aliphatic carbocycles. The normalized spacial score (nSPS) is 15.1. The molecular formula is C53H40N2S. The summed E-state index contributed by atoms with van der Waals surface area (Å²) in [5.74, 6) is 0. The topological polar surface area (TPSA) is 8.17 Å². The Balaban J connectivity index is 0.988. The molecule has 56 heavy (non-hydrogen) atoms. The highest BCUT2D eigenvalue weighted by molar-refractivity contribution is 7.99. The molecule has 268 valence electrons. The van der Waals surface area contributed by atoms with Gasteiger partial charge < -0.3 is 9.47 Å². The van der Waals surface area contributed by atoms with Crippen LogP contribution < -0.4 is 4.90 Å². The van der Waals surface area contributed by atoms with Crippen LogP contribution in [0.3, 0.4) is 0 Å². The first-order chi connectivity index (χ1) is 27.5. The van der Waals surface area contributed by atoms with Gasteiger partial charge in [0.05, 0.1) is 11.0 Å². The maximum Gasteiger partial charge on any atom is 0.0541 e. The summed E-state index contributed by atoms with van der Waals surface area (Å²) in [6.45, 7) is 4.72. The van der Waals surface area contributed by atoms with Gasteiger partial charge in [-0.25, -0.2) is 0 Å². The zero-order valence-corrected chi connectivity index (χ0v) is 32.3. The predicted molar refractivity (Wildman–Crippen MR) is 237 cm³/mol. The van der Waals surface area contributed by atoms with Gasteiger partial charge in [-0.3, -0.25) is 0 Å². The summed E-state index contributed by atoms with van der Waals surface area (Å²) in [7, 11) is 0. The summed E-state index contributed by atoms with van der Waals surface area (Å²) < 4.78 is 2.38. The van der Waals surface area contributed by atoms with Crippen molar-refractivity contribution in [2.24, 2.45) is 0 Å². The van der Waals surface area contributed by atoms with Crippen molar-refractivity contribution in [2.45, 2.75) is 35.8 Å². The summed E-state index contributed by atoms with van der Waals surface area (Å²) in [6, 6.07) is 69.6. The highest BCUT2D eigenvalue weighted by Crippen LogP contribution is 2.51. The van der Waals surface area contributed by atoms with Crippen LogP contribution in [0.4, 0.5) is 17.1 Å². The highest BCUT2D eigenvalue weighted by atomic mass is 32.2. The smallest absolute Gasteiger partial charge is 0.0541 e. The van der Waals surface area contributed by atoms with Crippen molar-refractivity contribution in [2.75, 3.05) is 4.90 Å². The molecule has 2 nitrogen and oxygen atoms in total. The lowest BCUT2D eigenvalue weighted by atomic mass is 9.82. The first-order valence-corrected chi connectivity index (χ1v) is 20.5. The molecule has 9 aromatic rings. The van der Waals surface area contributed by atoms with Crippen LogP contribution in [0.2, 0.25) is 0 Å². The molecule has 1 aliphatic heterocycles. The van der Waals surface area contributed by atoms with Crippen LogP contribution >= 0.6 is 11.8 Å². The third-order valence-corrected chi connectivity index (χ3v) is 13.5. The van der Waals surface area contributed by atoms with Gasteiger partial charge in [0.2, 0.25) is 0 Å². The van der Waals surface area contributed by atoms with Crippen molar-refractivity contribution < 1.29 is 0 Å². The molecule has 11 rings (SSSR count). The second-order valence-corrected chi connectivity index (χ2v) is 17.0. The fraction of sp³-hybridized carbons (Fsp3) is 0.0943. The van der Waals surface area contributed by atoms with Crippen LogP contribution in [0.15, 0.2) is 193 Å². The SMILES string of the molecule is CC1(C)c2ccccc2-c2ccc(N(c3ccc(-c4ccc5c(c4)c4ccccc4n5-c4ccccc4)cc3)c3ccc(C4Cc5ccccc5S4)cc3)cc21. The second-order valence-electron chi connectivity index (χ2n) is 15.7. The number of anilines is 3.